The van der Waals surface area contributed by atoms with Gasteiger partial charge in [-0.2, -0.15) is 0 Å². The third-order valence-corrected chi connectivity index (χ3v) is 5.36. The number of carbonyl (C=O) groups excluding carboxylic acids is 1. The van der Waals surface area contributed by atoms with E-state index in [1.54, 1.807) is 11.3 Å². The van der Waals surface area contributed by atoms with Gasteiger partial charge < -0.3 is 15.0 Å². The van der Waals surface area contributed by atoms with Crippen LogP contribution in [-0.4, -0.2) is 44.1 Å². The summed E-state index contributed by atoms with van der Waals surface area (Å²) in [5.74, 6) is 0.806. The summed E-state index contributed by atoms with van der Waals surface area (Å²) in [4.78, 5) is 16.9. The van der Waals surface area contributed by atoms with Crippen LogP contribution in [0.4, 0.5) is 0 Å². The zero-order chi connectivity index (χ0) is 13.9. The van der Waals surface area contributed by atoms with Crippen LogP contribution >= 0.6 is 11.3 Å². The maximum absolute atomic E-state index is 12.6. The number of amides is 1. The van der Waals surface area contributed by atoms with E-state index >= 15 is 0 Å². The van der Waals surface area contributed by atoms with Gasteiger partial charge in [0.2, 0.25) is 0 Å². The summed E-state index contributed by atoms with van der Waals surface area (Å²) in [6.07, 6.45) is 3.29. The number of nitrogens with one attached hydrogen (secondary N) is 1. The van der Waals surface area contributed by atoms with Crippen molar-refractivity contribution < 1.29 is 9.53 Å². The van der Waals surface area contributed by atoms with Crippen molar-refractivity contribution in [3.05, 3.63) is 21.4 Å². The Balaban J connectivity index is 1.70. The molecule has 1 aromatic heterocycles. The fraction of sp³-hybridized carbons (Fsp3) is 0.667. The van der Waals surface area contributed by atoms with Crippen molar-refractivity contribution in [2.75, 3.05) is 33.3 Å². The second kappa shape index (κ2) is 6.24. The molecule has 2 aliphatic heterocycles. The van der Waals surface area contributed by atoms with Gasteiger partial charge in [0.15, 0.2) is 0 Å². The molecule has 0 spiro atoms. The summed E-state index contributed by atoms with van der Waals surface area (Å²) in [5, 5.41) is 3.22. The molecule has 5 heteroatoms. The van der Waals surface area contributed by atoms with Crippen molar-refractivity contribution in [2.45, 2.75) is 25.9 Å². The lowest BCUT2D eigenvalue weighted by atomic mass is 9.98. The number of ether oxygens (including phenoxy) is 1. The molecule has 1 saturated heterocycles. The van der Waals surface area contributed by atoms with Crippen LogP contribution in [-0.2, 0) is 17.8 Å². The topological polar surface area (TPSA) is 41.6 Å². The first kappa shape index (κ1) is 14.0. The molecule has 20 heavy (non-hydrogen) atoms. The number of carbonyl (C=O) groups is 1. The summed E-state index contributed by atoms with van der Waals surface area (Å²) in [5.41, 5.74) is 1.22. The van der Waals surface area contributed by atoms with Gasteiger partial charge in [-0.3, -0.25) is 4.79 Å². The van der Waals surface area contributed by atoms with Gasteiger partial charge in [0, 0.05) is 24.4 Å². The van der Waals surface area contributed by atoms with E-state index in [1.165, 1.54) is 16.9 Å². The van der Waals surface area contributed by atoms with Crippen molar-refractivity contribution in [1.29, 1.82) is 0 Å². The number of fused-ring (bicyclic) bond motifs is 1. The highest BCUT2D eigenvalue weighted by Gasteiger charge is 2.26. The van der Waals surface area contributed by atoms with Crippen LogP contribution in [0.25, 0.3) is 0 Å². The zero-order valence-electron chi connectivity index (χ0n) is 12.0. The maximum Gasteiger partial charge on any atom is 0.263 e. The number of nitrogens with zero attached hydrogens (tertiary/aromatic N) is 1. The molecule has 1 unspecified atom stereocenters. The zero-order valence-corrected chi connectivity index (χ0v) is 12.8. The van der Waals surface area contributed by atoms with E-state index in [9.17, 15) is 4.79 Å². The largest absolute Gasteiger partial charge is 0.376 e. The molecular formula is C15H22N2O2S. The van der Waals surface area contributed by atoms with Crippen LogP contribution in [0.5, 0.6) is 0 Å². The van der Waals surface area contributed by atoms with Gasteiger partial charge in [-0.05, 0) is 44.0 Å². The highest BCUT2D eigenvalue weighted by molar-refractivity contribution is 7.14. The smallest absolute Gasteiger partial charge is 0.263 e. The number of hydrogen-bond acceptors (Lipinski definition) is 4. The van der Waals surface area contributed by atoms with E-state index in [1.807, 2.05) is 18.0 Å². The SMILES string of the molecule is CNCC1CCCN(C(=O)c2cc3c(s2)CCOC3)C1. The molecule has 0 bridgehead atoms. The number of hydrogen-bond donors (Lipinski definition) is 1. The van der Waals surface area contributed by atoms with E-state index in [2.05, 4.69) is 5.32 Å². The molecule has 3 heterocycles. The standard InChI is InChI=1S/C15H22N2O2S/c1-16-8-11-3-2-5-17(9-11)15(18)14-7-12-10-19-6-4-13(12)20-14/h7,11,16H,2-6,8-10H2,1H3. The first-order chi connectivity index (χ1) is 9.78. The van der Waals surface area contributed by atoms with Gasteiger partial charge in [-0.25, -0.2) is 0 Å². The second-order valence-electron chi connectivity index (χ2n) is 5.68. The average molecular weight is 294 g/mol. The van der Waals surface area contributed by atoms with E-state index in [-0.39, 0.29) is 5.91 Å². The summed E-state index contributed by atoms with van der Waals surface area (Å²) in [7, 11) is 1.98. The fourth-order valence-electron chi connectivity index (χ4n) is 3.11. The first-order valence-electron chi connectivity index (χ1n) is 7.41. The Labute approximate surface area is 124 Å². The van der Waals surface area contributed by atoms with Crippen molar-refractivity contribution in [3.8, 4) is 0 Å². The van der Waals surface area contributed by atoms with Crippen molar-refractivity contribution >= 4 is 17.2 Å². The maximum atomic E-state index is 12.6. The highest BCUT2D eigenvalue weighted by Crippen LogP contribution is 2.29. The molecule has 110 valence electrons. The minimum Gasteiger partial charge on any atom is -0.376 e. The fourth-order valence-corrected chi connectivity index (χ4v) is 4.23. The van der Waals surface area contributed by atoms with Gasteiger partial charge in [-0.1, -0.05) is 0 Å². The third-order valence-electron chi connectivity index (χ3n) is 4.14. The van der Waals surface area contributed by atoms with Gasteiger partial charge in [0.05, 0.1) is 18.1 Å². The number of rotatable bonds is 3. The monoisotopic (exact) mass is 294 g/mol. The van der Waals surface area contributed by atoms with Crippen molar-refractivity contribution in [1.82, 2.24) is 10.2 Å². The number of likely N-dealkylation sites (tertiary alicyclic amines) is 1. The predicted octanol–water partition coefficient (Wildman–Crippen LogP) is 1.89. The van der Waals surface area contributed by atoms with Crippen molar-refractivity contribution in [3.63, 3.8) is 0 Å². The van der Waals surface area contributed by atoms with E-state index in [0.717, 1.165) is 44.0 Å². The van der Waals surface area contributed by atoms with E-state index in [4.69, 9.17) is 4.74 Å². The molecule has 1 fully saturated rings. The van der Waals surface area contributed by atoms with Crippen molar-refractivity contribution in [2.24, 2.45) is 5.92 Å². The predicted molar refractivity (Wildman–Crippen MR) is 80.2 cm³/mol. The molecule has 1 aromatic rings. The molecule has 0 aromatic carbocycles. The Morgan fingerprint density at radius 3 is 3.30 bits per heavy atom. The van der Waals surface area contributed by atoms with Gasteiger partial charge >= 0.3 is 0 Å². The number of thiophene rings is 1. The van der Waals surface area contributed by atoms with Gasteiger partial charge in [0.25, 0.3) is 5.91 Å². The highest BCUT2D eigenvalue weighted by atomic mass is 32.1. The van der Waals surface area contributed by atoms with Gasteiger partial charge in [0.1, 0.15) is 0 Å². The summed E-state index contributed by atoms with van der Waals surface area (Å²) < 4.78 is 5.46. The molecule has 0 aliphatic carbocycles. The van der Waals surface area contributed by atoms with E-state index < -0.39 is 0 Å². The Morgan fingerprint density at radius 1 is 1.60 bits per heavy atom. The van der Waals surface area contributed by atoms with Crippen LogP contribution < -0.4 is 5.32 Å². The van der Waals surface area contributed by atoms with Crippen LogP contribution in [0.1, 0.15) is 33.0 Å². The Hall–Kier alpha value is -0.910. The molecule has 1 N–H and O–H groups in total. The Kier molecular flexibility index (Phi) is 4.38. The lowest BCUT2D eigenvalue weighted by molar-refractivity contribution is 0.0679. The second-order valence-corrected chi connectivity index (χ2v) is 6.82. The Morgan fingerprint density at radius 2 is 2.50 bits per heavy atom. The lowest BCUT2D eigenvalue weighted by Gasteiger charge is -2.32. The summed E-state index contributed by atoms with van der Waals surface area (Å²) in [6, 6.07) is 2.04. The summed E-state index contributed by atoms with van der Waals surface area (Å²) >= 11 is 1.66. The molecular weight excluding hydrogens is 272 g/mol. The van der Waals surface area contributed by atoms with Gasteiger partial charge in [-0.15, -0.1) is 11.3 Å². The van der Waals surface area contributed by atoms with Crippen LogP contribution in [0, 0.1) is 5.92 Å². The molecule has 1 atom stereocenters. The quantitative estimate of drug-likeness (QED) is 0.925. The molecule has 4 nitrogen and oxygen atoms in total. The molecule has 0 radical (unpaired) electrons. The minimum atomic E-state index is 0.213. The molecule has 1 amide bonds. The first-order valence-corrected chi connectivity index (χ1v) is 8.23. The lowest BCUT2D eigenvalue weighted by Crippen LogP contribution is -2.42. The minimum absolute atomic E-state index is 0.213. The van der Waals surface area contributed by atoms with Crippen LogP contribution in [0.15, 0.2) is 6.07 Å². The third kappa shape index (κ3) is 2.90. The average Bonchev–Trinajstić information content (AvgIpc) is 2.91. The summed E-state index contributed by atoms with van der Waals surface area (Å²) in [6.45, 7) is 4.24. The molecule has 0 saturated carbocycles. The Bertz CT molecular complexity index is 461. The number of piperidine rings is 1. The normalized spacial score (nSPS) is 22.6. The molecule has 2 aliphatic rings. The molecule has 3 rings (SSSR count). The van der Waals surface area contributed by atoms with E-state index in [0.29, 0.717) is 12.5 Å². The van der Waals surface area contributed by atoms with Crippen LogP contribution in [0.2, 0.25) is 0 Å². The van der Waals surface area contributed by atoms with Crippen LogP contribution in [0.3, 0.4) is 0 Å².